The van der Waals surface area contributed by atoms with Crippen molar-refractivity contribution in [1.29, 1.82) is 0 Å². The van der Waals surface area contributed by atoms with E-state index in [2.05, 4.69) is 4.98 Å². The second-order valence-electron chi connectivity index (χ2n) is 3.78. The Bertz CT molecular complexity index is 511. The molecule has 0 bridgehead atoms. The van der Waals surface area contributed by atoms with Gasteiger partial charge in [-0.25, -0.2) is 0 Å². The summed E-state index contributed by atoms with van der Waals surface area (Å²) in [7, 11) is 0. The molecule has 2 heterocycles. The van der Waals surface area contributed by atoms with Crippen molar-refractivity contribution >= 4 is 11.3 Å². The van der Waals surface area contributed by atoms with Crippen LogP contribution in [0.4, 0.5) is 0 Å². The molecule has 4 N–H and O–H groups in total. The summed E-state index contributed by atoms with van der Waals surface area (Å²) in [6, 6.07) is 3.38. The highest BCUT2D eigenvalue weighted by Crippen LogP contribution is 2.33. The molecule has 0 saturated heterocycles. The number of aliphatic hydroxyl groups is 1. The highest BCUT2D eigenvalue weighted by atomic mass is 32.1. The fourth-order valence-electron chi connectivity index (χ4n) is 1.74. The quantitative estimate of drug-likeness (QED) is 0.774. The smallest absolute Gasteiger partial charge is 0.142 e. The zero-order chi connectivity index (χ0) is 12.4. The lowest BCUT2D eigenvalue weighted by atomic mass is 10.00. The van der Waals surface area contributed by atoms with E-state index in [1.54, 1.807) is 13.1 Å². The number of rotatable bonds is 3. The zero-order valence-corrected chi connectivity index (χ0v) is 10.2. The SMILES string of the molecule is Cc1ncc(CO)c([C@@H](N)c2cccs2)c1O. The molecular weight excluding hydrogens is 236 g/mol. The third-order valence-corrected chi connectivity index (χ3v) is 3.64. The molecule has 0 amide bonds. The lowest BCUT2D eigenvalue weighted by Crippen LogP contribution is -2.14. The van der Waals surface area contributed by atoms with Crippen molar-refractivity contribution < 1.29 is 10.2 Å². The number of thiophene rings is 1. The minimum absolute atomic E-state index is 0.0671. The van der Waals surface area contributed by atoms with E-state index < -0.39 is 6.04 Å². The average Bonchev–Trinajstić information content (AvgIpc) is 2.85. The van der Waals surface area contributed by atoms with Gasteiger partial charge in [-0.05, 0) is 18.4 Å². The van der Waals surface area contributed by atoms with E-state index in [1.807, 2.05) is 17.5 Å². The van der Waals surface area contributed by atoms with E-state index in [0.29, 0.717) is 16.8 Å². The number of aromatic nitrogens is 1. The summed E-state index contributed by atoms with van der Waals surface area (Å²) in [5, 5.41) is 21.2. The van der Waals surface area contributed by atoms with Crippen molar-refractivity contribution in [3.05, 3.63) is 45.4 Å². The predicted molar refractivity (Wildman–Crippen MR) is 66.9 cm³/mol. The van der Waals surface area contributed by atoms with Crippen molar-refractivity contribution in [2.45, 2.75) is 19.6 Å². The van der Waals surface area contributed by atoms with Crippen LogP contribution in [0.1, 0.15) is 27.7 Å². The Balaban J connectivity index is 2.53. The first-order valence-electron chi connectivity index (χ1n) is 5.22. The Morgan fingerprint density at radius 1 is 1.53 bits per heavy atom. The van der Waals surface area contributed by atoms with Gasteiger partial charge in [-0.1, -0.05) is 6.07 Å². The summed E-state index contributed by atoms with van der Waals surface area (Å²) in [4.78, 5) is 4.96. The van der Waals surface area contributed by atoms with E-state index in [1.165, 1.54) is 11.3 Å². The van der Waals surface area contributed by atoms with Crippen LogP contribution >= 0.6 is 11.3 Å². The standard InChI is InChI=1S/C12H14N2O2S/c1-7-12(16)10(8(6-15)5-14-7)11(13)9-3-2-4-17-9/h2-5,11,15-16H,6,13H2,1H3/t11-/m0/s1. The third-order valence-electron chi connectivity index (χ3n) is 2.69. The van der Waals surface area contributed by atoms with Crippen molar-refractivity contribution in [1.82, 2.24) is 4.98 Å². The number of aryl methyl sites for hydroxylation is 1. The van der Waals surface area contributed by atoms with Crippen molar-refractivity contribution in [2.24, 2.45) is 5.73 Å². The van der Waals surface area contributed by atoms with Gasteiger partial charge in [-0.3, -0.25) is 4.98 Å². The topological polar surface area (TPSA) is 79.4 Å². The van der Waals surface area contributed by atoms with E-state index in [0.717, 1.165) is 4.88 Å². The number of aromatic hydroxyl groups is 1. The van der Waals surface area contributed by atoms with Gasteiger partial charge in [0.15, 0.2) is 0 Å². The number of nitrogens with zero attached hydrogens (tertiary/aromatic N) is 1. The highest BCUT2D eigenvalue weighted by Gasteiger charge is 2.20. The number of hydrogen-bond acceptors (Lipinski definition) is 5. The van der Waals surface area contributed by atoms with E-state index in [4.69, 9.17) is 5.73 Å². The van der Waals surface area contributed by atoms with Crippen LogP contribution in [0.2, 0.25) is 0 Å². The summed E-state index contributed by atoms with van der Waals surface area (Å²) in [5.41, 5.74) is 7.76. The summed E-state index contributed by atoms with van der Waals surface area (Å²) < 4.78 is 0. The number of hydrogen-bond donors (Lipinski definition) is 3. The lowest BCUT2D eigenvalue weighted by molar-refractivity contribution is 0.278. The van der Waals surface area contributed by atoms with Crippen molar-refractivity contribution in [3.8, 4) is 5.75 Å². The van der Waals surface area contributed by atoms with Gasteiger partial charge in [0.05, 0.1) is 18.3 Å². The Labute approximate surface area is 103 Å². The van der Waals surface area contributed by atoms with E-state index in [-0.39, 0.29) is 12.4 Å². The molecule has 2 rings (SSSR count). The third kappa shape index (κ3) is 2.17. The molecular formula is C12H14N2O2S. The first-order chi connectivity index (χ1) is 8.15. The Morgan fingerprint density at radius 2 is 2.29 bits per heavy atom. The molecule has 0 saturated carbocycles. The second-order valence-corrected chi connectivity index (χ2v) is 4.76. The molecule has 0 aliphatic rings. The van der Waals surface area contributed by atoms with Crippen LogP contribution in [0.5, 0.6) is 5.75 Å². The molecule has 90 valence electrons. The fraction of sp³-hybridized carbons (Fsp3) is 0.250. The molecule has 5 heteroatoms. The molecule has 4 nitrogen and oxygen atoms in total. The maximum Gasteiger partial charge on any atom is 0.142 e. The van der Waals surface area contributed by atoms with E-state index in [9.17, 15) is 10.2 Å². The normalized spacial score (nSPS) is 12.6. The monoisotopic (exact) mass is 250 g/mol. The minimum Gasteiger partial charge on any atom is -0.506 e. The molecule has 0 unspecified atom stereocenters. The maximum absolute atomic E-state index is 10.0. The van der Waals surface area contributed by atoms with Crippen LogP contribution in [0.3, 0.4) is 0 Å². The molecule has 0 radical (unpaired) electrons. The minimum atomic E-state index is -0.432. The molecule has 0 aliphatic heterocycles. The molecule has 1 atom stereocenters. The van der Waals surface area contributed by atoms with Crippen LogP contribution in [0, 0.1) is 6.92 Å². The van der Waals surface area contributed by atoms with Gasteiger partial charge in [0, 0.05) is 22.2 Å². The van der Waals surface area contributed by atoms with Gasteiger partial charge in [-0.2, -0.15) is 0 Å². The van der Waals surface area contributed by atoms with Crippen molar-refractivity contribution in [3.63, 3.8) is 0 Å². The number of pyridine rings is 1. The molecule has 2 aromatic rings. The second kappa shape index (κ2) is 4.83. The Hall–Kier alpha value is -1.43. The first kappa shape index (κ1) is 12.0. The van der Waals surface area contributed by atoms with E-state index >= 15 is 0 Å². The van der Waals surface area contributed by atoms with Crippen LogP contribution in [0.15, 0.2) is 23.7 Å². The summed E-state index contributed by atoms with van der Waals surface area (Å²) in [5.74, 6) is 0.0671. The molecule has 17 heavy (non-hydrogen) atoms. The Morgan fingerprint density at radius 3 is 2.88 bits per heavy atom. The van der Waals surface area contributed by atoms with Gasteiger partial charge >= 0.3 is 0 Å². The van der Waals surface area contributed by atoms with Crippen LogP contribution in [-0.2, 0) is 6.61 Å². The summed E-state index contributed by atoms with van der Waals surface area (Å²) in [6.45, 7) is 1.52. The molecule has 0 fully saturated rings. The maximum atomic E-state index is 10.0. The van der Waals surface area contributed by atoms with Crippen LogP contribution in [-0.4, -0.2) is 15.2 Å². The predicted octanol–water partition coefficient (Wildman–Crippen LogP) is 1.70. The van der Waals surface area contributed by atoms with Gasteiger partial charge in [0.2, 0.25) is 0 Å². The highest BCUT2D eigenvalue weighted by molar-refractivity contribution is 7.10. The zero-order valence-electron chi connectivity index (χ0n) is 9.42. The average molecular weight is 250 g/mol. The van der Waals surface area contributed by atoms with Crippen LogP contribution in [0.25, 0.3) is 0 Å². The van der Waals surface area contributed by atoms with Gasteiger partial charge in [0.25, 0.3) is 0 Å². The molecule has 0 aromatic carbocycles. The number of nitrogens with two attached hydrogens (primary N) is 1. The first-order valence-corrected chi connectivity index (χ1v) is 6.10. The summed E-state index contributed by atoms with van der Waals surface area (Å²) >= 11 is 1.52. The fourth-order valence-corrected chi connectivity index (χ4v) is 2.47. The molecule has 2 aromatic heterocycles. The van der Waals surface area contributed by atoms with Crippen molar-refractivity contribution in [2.75, 3.05) is 0 Å². The summed E-state index contributed by atoms with van der Waals surface area (Å²) in [6.07, 6.45) is 1.55. The van der Waals surface area contributed by atoms with Crippen LogP contribution < -0.4 is 5.73 Å². The van der Waals surface area contributed by atoms with Gasteiger partial charge in [-0.15, -0.1) is 11.3 Å². The molecule has 0 aliphatic carbocycles. The lowest BCUT2D eigenvalue weighted by Gasteiger charge is -2.16. The van der Waals surface area contributed by atoms with Gasteiger partial charge in [0.1, 0.15) is 5.75 Å². The number of aliphatic hydroxyl groups excluding tert-OH is 1. The molecule has 0 spiro atoms. The largest absolute Gasteiger partial charge is 0.506 e. The Kier molecular flexibility index (Phi) is 3.42. The van der Waals surface area contributed by atoms with Gasteiger partial charge < -0.3 is 15.9 Å².